The van der Waals surface area contributed by atoms with E-state index in [2.05, 4.69) is 11.2 Å². The third-order valence-electron chi connectivity index (χ3n) is 5.92. The molecule has 1 aromatic carbocycles. The van der Waals surface area contributed by atoms with Gasteiger partial charge in [-0.15, -0.1) is 0 Å². The van der Waals surface area contributed by atoms with E-state index in [1.165, 1.54) is 11.1 Å². The highest BCUT2D eigenvalue weighted by Gasteiger charge is 2.43. The first-order valence-corrected chi connectivity index (χ1v) is 9.59. The lowest BCUT2D eigenvalue weighted by Gasteiger charge is -2.45. The Kier molecular flexibility index (Phi) is 4.68. The first-order valence-electron chi connectivity index (χ1n) is 9.59. The van der Waals surface area contributed by atoms with Gasteiger partial charge in [0.15, 0.2) is 0 Å². The number of aryl methyl sites for hydroxylation is 2. The molecule has 1 spiro atoms. The zero-order chi connectivity index (χ0) is 19.0. The predicted molar refractivity (Wildman–Crippen MR) is 102 cm³/mol. The number of hydrogen-bond donors (Lipinski definition) is 0. The van der Waals surface area contributed by atoms with E-state index >= 15 is 0 Å². The number of piperidine rings is 1. The molecular weight excluding hydrogens is 342 g/mol. The van der Waals surface area contributed by atoms with Crippen LogP contribution in [0.3, 0.4) is 0 Å². The van der Waals surface area contributed by atoms with E-state index in [0.29, 0.717) is 19.5 Å². The third-order valence-corrected chi connectivity index (χ3v) is 5.92. The molecule has 0 aliphatic carbocycles. The van der Waals surface area contributed by atoms with Crippen molar-refractivity contribution < 1.29 is 14.3 Å². The molecule has 6 nitrogen and oxygen atoms in total. The van der Waals surface area contributed by atoms with Crippen molar-refractivity contribution in [3.05, 3.63) is 46.8 Å². The maximum atomic E-state index is 12.8. The lowest BCUT2D eigenvalue weighted by molar-refractivity contribution is -0.140. The summed E-state index contributed by atoms with van der Waals surface area (Å²) in [5, 5.41) is 4.33. The average Bonchev–Trinajstić information content (AvgIpc) is 2.99. The van der Waals surface area contributed by atoms with Crippen LogP contribution in [0.15, 0.2) is 24.4 Å². The number of likely N-dealkylation sites (tertiary alicyclic amines) is 1. The van der Waals surface area contributed by atoms with Gasteiger partial charge in [0.25, 0.3) is 0 Å². The van der Waals surface area contributed by atoms with E-state index in [1.807, 2.05) is 37.2 Å². The number of aromatic nitrogens is 2. The molecule has 1 aromatic heterocycles. The van der Waals surface area contributed by atoms with Crippen LogP contribution in [0, 0.1) is 6.92 Å². The van der Waals surface area contributed by atoms with Crippen LogP contribution in [0.5, 0.6) is 5.75 Å². The number of carbonyl (C=O) groups excluding carboxylic acids is 1. The Morgan fingerprint density at radius 1 is 1.33 bits per heavy atom. The number of fused-ring (bicyclic) bond motifs is 2. The topological polar surface area (TPSA) is 56.6 Å². The van der Waals surface area contributed by atoms with Crippen molar-refractivity contribution in [1.29, 1.82) is 0 Å². The van der Waals surface area contributed by atoms with Crippen LogP contribution in [0.1, 0.15) is 35.2 Å². The Bertz CT molecular complexity index is 836. The van der Waals surface area contributed by atoms with Crippen LogP contribution in [-0.4, -0.2) is 47.4 Å². The summed E-state index contributed by atoms with van der Waals surface area (Å²) in [5.74, 6) is 1.06. The Morgan fingerprint density at radius 3 is 2.78 bits per heavy atom. The van der Waals surface area contributed by atoms with Gasteiger partial charge < -0.3 is 14.4 Å². The maximum Gasteiger partial charge on any atom is 0.227 e. The van der Waals surface area contributed by atoms with Crippen LogP contribution in [-0.2, 0) is 35.0 Å². The minimum Gasteiger partial charge on any atom is -0.496 e. The van der Waals surface area contributed by atoms with Crippen molar-refractivity contribution in [3.63, 3.8) is 0 Å². The molecular formula is C21H27N3O3. The predicted octanol–water partition coefficient (Wildman–Crippen LogP) is 2.37. The molecule has 144 valence electrons. The van der Waals surface area contributed by atoms with Crippen LogP contribution in [0.2, 0.25) is 0 Å². The average molecular weight is 369 g/mol. The first-order chi connectivity index (χ1) is 13.0. The quantitative estimate of drug-likeness (QED) is 0.834. The molecule has 0 bridgehead atoms. The normalized spacial score (nSPS) is 18.4. The standard InChI is InChI=1S/C21H27N3O3/c1-15-17(14-23(2)22-15)13-19(25)24-10-8-21(9-11-24)20-16(7-12-27-21)5-4-6-18(20)26-3/h4-6,14H,7-13H2,1-3H3. The van der Waals surface area contributed by atoms with Crippen LogP contribution in [0.25, 0.3) is 0 Å². The molecule has 1 amide bonds. The number of carbonyl (C=O) groups is 1. The summed E-state index contributed by atoms with van der Waals surface area (Å²) in [6, 6.07) is 6.23. The fraction of sp³-hybridized carbons (Fsp3) is 0.524. The smallest absolute Gasteiger partial charge is 0.227 e. The van der Waals surface area contributed by atoms with Gasteiger partial charge >= 0.3 is 0 Å². The van der Waals surface area contributed by atoms with Gasteiger partial charge in [0.1, 0.15) is 11.4 Å². The second-order valence-electron chi connectivity index (χ2n) is 7.56. The van der Waals surface area contributed by atoms with E-state index in [-0.39, 0.29) is 11.5 Å². The van der Waals surface area contributed by atoms with E-state index in [9.17, 15) is 4.79 Å². The summed E-state index contributed by atoms with van der Waals surface area (Å²) in [7, 11) is 3.60. The summed E-state index contributed by atoms with van der Waals surface area (Å²) in [4.78, 5) is 14.8. The molecule has 2 aliphatic heterocycles. The van der Waals surface area contributed by atoms with Crippen molar-refractivity contribution in [2.24, 2.45) is 7.05 Å². The Morgan fingerprint density at radius 2 is 2.11 bits per heavy atom. The fourth-order valence-electron chi connectivity index (χ4n) is 4.51. The number of methoxy groups -OCH3 is 1. The highest BCUT2D eigenvalue weighted by molar-refractivity contribution is 5.79. The third kappa shape index (κ3) is 3.23. The fourth-order valence-corrected chi connectivity index (χ4v) is 4.51. The molecule has 0 N–H and O–H groups in total. The summed E-state index contributed by atoms with van der Waals surface area (Å²) < 4.78 is 13.7. The lowest BCUT2D eigenvalue weighted by Crippen LogP contribution is -2.48. The molecule has 27 heavy (non-hydrogen) atoms. The number of hydrogen-bond acceptors (Lipinski definition) is 4. The van der Waals surface area contributed by atoms with Crippen LogP contribution >= 0.6 is 0 Å². The summed E-state index contributed by atoms with van der Waals surface area (Å²) in [6.45, 7) is 4.08. The van der Waals surface area contributed by atoms with Crippen molar-refractivity contribution in [2.75, 3.05) is 26.8 Å². The van der Waals surface area contributed by atoms with Gasteiger partial charge in [-0.25, -0.2) is 0 Å². The number of amides is 1. The maximum absolute atomic E-state index is 12.8. The second kappa shape index (κ2) is 7.00. The molecule has 6 heteroatoms. The lowest BCUT2D eigenvalue weighted by atomic mass is 9.78. The van der Waals surface area contributed by atoms with Gasteiger partial charge in [0, 0.05) is 37.5 Å². The molecule has 0 atom stereocenters. The summed E-state index contributed by atoms with van der Waals surface area (Å²) in [5.41, 5.74) is 4.10. The van der Waals surface area contributed by atoms with Crippen molar-refractivity contribution in [2.45, 2.75) is 38.2 Å². The van der Waals surface area contributed by atoms with Crippen LogP contribution in [0.4, 0.5) is 0 Å². The minimum absolute atomic E-state index is 0.164. The highest BCUT2D eigenvalue weighted by Crippen LogP contribution is 2.45. The zero-order valence-electron chi connectivity index (χ0n) is 16.3. The van der Waals surface area contributed by atoms with E-state index in [0.717, 1.165) is 42.9 Å². The molecule has 0 saturated carbocycles. The van der Waals surface area contributed by atoms with Gasteiger partial charge in [0.2, 0.25) is 5.91 Å². The number of nitrogens with zero attached hydrogens (tertiary/aromatic N) is 3. The van der Waals surface area contributed by atoms with Gasteiger partial charge in [-0.2, -0.15) is 5.10 Å². The molecule has 2 aliphatic rings. The molecule has 2 aromatic rings. The number of rotatable bonds is 3. The minimum atomic E-state index is -0.332. The second-order valence-corrected chi connectivity index (χ2v) is 7.56. The van der Waals surface area contributed by atoms with E-state index in [1.54, 1.807) is 11.8 Å². The summed E-state index contributed by atoms with van der Waals surface area (Å²) >= 11 is 0. The Hall–Kier alpha value is -2.34. The monoisotopic (exact) mass is 369 g/mol. The molecule has 0 radical (unpaired) electrons. The SMILES string of the molecule is COc1cccc2c1C1(CCN(C(=O)Cc3cn(C)nc3C)CC1)OCC2. The molecule has 1 saturated heterocycles. The summed E-state index contributed by atoms with van der Waals surface area (Å²) in [6.07, 6.45) is 4.87. The van der Waals surface area contributed by atoms with E-state index in [4.69, 9.17) is 9.47 Å². The number of ether oxygens (including phenoxy) is 2. The van der Waals surface area contributed by atoms with Gasteiger partial charge in [-0.1, -0.05) is 12.1 Å². The van der Waals surface area contributed by atoms with Gasteiger partial charge in [-0.05, 0) is 37.8 Å². The van der Waals surface area contributed by atoms with Crippen molar-refractivity contribution in [1.82, 2.24) is 14.7 Å². The molecule has 4 rings (SSSR count). The van der Waals surface area contributed by atoms with E-state index < -0.39 is 0 Å². The highest BCUT2D eigenvalue weighted by atomic mass is 16.5. The molecule has 1 fully saturated rings. The van der Waals surface area contributed by atoms with Gasteiger partial charge in [0.05, 0.1) is 25.8 Å². The zero-order valence-corrected chi connectivity index (χ0v) is 16.3. The van der Waals surface area contributed by atoms with Crippen LogP contribution < -0.4 is 4.74 Å². The number of benzene rings is 1. The molecule has 0 unspecified atom stereocenters. The largest absolute Gasteiger partial charge is 0.496 e. The Labute approximate surface area is 160 Å². The van der Waals surface area contributed by atoms with Crippen molar-refractivity contribution in [3.8, 4) is 5.75 Å². The first kappa shape index (κ1) is 18.0. The Balaban J connectivity index is 1.50. The van der Waals surface area contributed by atoms with Crippen molar-refractivity contribution >= 4 is 5.91 Å². The molecule has 3 heterocycles. The van der Waals surface area contributed by atoms with Gasteiger partial charge in [-0.3, -0.25) is 9.48 Å².